The van der Waals surface area contributed by atoms with Crippen molar-refractivity contribution in [1.82, 2.24) is 0 Å². The number of epoxide rings is 2. The molecule has 5 rings (SSSR count). The number of benzene rings is 1. The van der Waals surface area contributed by atoms with Crippen LogP contribution in [0.15, 0.2) is 18.2 Å². The lowest BCUT2D eigenvalue weighted by molar-refractivity contribution is 0.0413. The number of carboxylic acid groups (broad SMARTS) is 1. The van der Waals surface area contributed by atoms with Crippen LogP contribution in [0.25, 0.3) is 0 Å². The van der Waals surface area contributed by atoms with Crippen LogP contribution in [0.4, 0.5) is 0 Å². The number of hydrogen-bond donors (Lipinski definition) is 1. The quantitative estimate of drug-likeness (QED) is 0.596. The second-order valence-corrected chi connectivity index (χ2v) is 8.76. The fourth-order valence-electron chi connectivity index (χ4n) is 4.99. The highest BCUT2D eigenvalue weighted by molar-refractivity contribution is 5.94. The van der Waals surface area contributed by atoms with Gasteiger partial charge in [0.1, 0.15) is 0 Å². The molecule has 150 valence electrons. The predicted molar refractivity (Wildman–Crippen MR) is 99.4 cm³/mol. The summed E-state index contributed by atoms with van der Waals surface area (Å²) in [6.45, 7) is 0.409. The number of carbonyl (C=O) groups is 2. The van der Waals surface area contributed by atoms with Crippen LogP contribution < -0.4 is 0 Å². The molecule has 28 heavy (non-hydrogen) atoms. The van der Waals surface area contributed by atoms with Gasteiger partial charge in [0.25, 0.3) is 0 Å². The molecule has 0 spiro atoms. The molecule has 2 saturated heterocycles. The molecular formula is C22H26O6. The van der Waals surface area contributed by atoms with E-state index in [0.717, 1.165) is 44.1 Å². The van der Waals surface area contributed by atoms with Crippen LogP contribution in [-0.4, -0.2) is 48.1 Å². The van der Waals surface area contributed by atoms with Crippen LogP contribution in [0.2, 0.25) is 0 Å². The first-order valence-corrected chi connectivity index (χ1v) is 10.4. The Balaban J connectivity index is 1.27. The summed E-state index contributed by atoms with van der Waals surface area (Å²) < 4.78 is 16.8. The summed E-state index contributed by atoms with van der Waals surface area (Å²) >= 11 is 0. The Morgan fingerprint density at radius 3 is 2.32 bits per heavy atom. The van der Waals surface area contributed by atoms with Gasteiger partial charge < -0.3 is 19.3 Å². The molecule has 6 unspecified atom stereocenters. The molecular weight excluding hydrogens is 360 g/mol. The molecule has 2 aliphatic heterocycles. The molecule has 0 bridgehead atoms. The van der Waals surface area contributed by atoms with E-state index in [-0.39, 0.29) is 11.5 Å². The number of hydrogen-bond acceptors (Lipinski definition) is 5. The first-order valence-electron chi connectivity index (χ1n) is 10.4. The number of rotatable bonds is 6. The van der Waals surface area contributed by atoms with Crippen LogP contribution in [0, 0.1) is 11.8 Å². The van der Waals surface area contributed by atoms with Crippen LogP contribution in [0.1, 0.15) is 64.8 Å². The molecule has 2 saturated carbocycles. The third kappa shape index (κ3) is 3.80. The van der Waals surface area contributed by atoms with E-state index in [9.17, 15) is 14.7 Å². The highest BCUT2D eigenvalue weighted by Crippen LogP contribution is 2.41. The maximum atomic E-state index is 12.8. The molecule has 4 fully saturated rings. The van der Waals surface area contributed by atoms with Crippen LogP contribution in [0.5, 0.6) is 0 Å². The highest BCUT2D eigenvalue weighted by Gasteiger charge is 2.45. The van der Waals surface area contributed by atoms with E-state index in [1.54, 1.807) is 12.1 Å². The van der Waals surface area contributed by atoms with Gasteiger partial charge in [0.15, 0.2) is 0 Å². The molecule has 4 aliphatic rings. The Labute approximate surface area is 164 Å². The van der Waals surface area contributed by atoms with Crippen LogP contribution in [0.3, 0.4) is 0 Å². The minimum absolute atomic E-state index is 0.215. The Kier molecular flexibility index (Phi) is 4.63. The van der Waals surface area contributed by atoms with Gasteiger partial charge in [-0.2, -0.15) is 0 Å². The Bertz CT molecular complexity index is 789. The van der Waals surface area contributed by atoms with Gasteiger partial charge in [-0.15, -0.1) is 0 Å². The molecule has 6 heteroatoms. The molecule has 6 atom stereocenters. The van der Waals surface area contributed by atoms with E-state index in [4.69, 9.17) is 14.2 Å². The van der Waals surface area contributed by atoms with Gasteiger partial charge >= 0.3 is 11.9 Å². The van der Waals surface area contributed by atoms with Crippen molar-refractivity contribution in [3.8, 4) is 0 Å². The molecule has 2 aliphatic carbocycles. The van der Waals surface area contributed by atoms with Gasteiger partial charge in [-0.3, -0.25) is 0 Å². The zero-order valence-corrected chi connectivity index (χ0v) is 15.8. The van der Waals surface area contributed by atoms with Gasteiger partial charge in [-0.25, -0.2) is 9.59 Å². The second-order valence-electron chi connectivity index (χ2n) is 8.76. The first kappa shape index (κ1) is 18.1. The number of fused-ring (bicyclic) bond motifs is 2. The fourth-order valence-corrected chi connectivity index (χ4v) is 4.99. The summed E-state index contributed by atoms with van der Waals surface area (Å²) in [6, 6.07) is 4.75. The van der Waals surface area contributed by atoms with Crippen molar-refractivity contribution < 1.29 is 28.9 Å². The van der Waals surface area contributed by atoms with Crippen LogP contribution >= 0.6 is 0 Å². The first-order chi connectivity index (χ1) is 13.6. The van der Waals surface area contributed by atoms with Crippen molar-refractivity contribution in [1.29, 1.82) is 0 Å². The topological polar surface area (TPSA) is 88.7 Å². The van der Waals surface area contributed by atoms with E-state index in [1.807, 2.05) is 0 Å². The molecule has 0 aromatic heterocycles. The summed E-state index contributed by atoms with van der Waals surface area (Å²) in [6.07, 6.45) is 8.43. The zero-order chi connectivity index (χ0) is 19.3. The number of ether oxygens (including phenoxy) is 3. The average Bonchev–Trinajstić information content (AvgIpc) is 3.59. The third-order valence-electron chi connectivity index (χ3n) is 6.76. The normalized spacial score (nSPS) is 35.4. The third-order valence-corrected chi connectivity index (χ3v) is 6.76. The second kappa shape index (κ2) is 7.16. The number of carboxylic acids is 1. The Morgan fingerprint density at radius 1 is 0.964 bits per heavy atom. The van der Waals surface area contributed by atoms with Gasteiger partial charge in [0.2, 0.25) is 0 Å². The molecule has 2 heterocycles. The van der Waals surface area contributed by atoms with Gasteiger partial charge in [0, 0.05) is 0 Å². The van der Waals surface area contributed by atoms with Gasteiger partial charge in [-0.1, -0.05) is 0 Å². The molecule has 0 radical (unpaired) electrons. The minimum Gasteiger partial charge on any atom is -0.478 e. The monoisotopic (exact) mass is 386 g/mol. The molecule has 1 N–H and O–H groups in total. The van der Waals surface area contributed by atoms with Gasteiger partial charge in [-0.05, 0) is 80.5 Å². The van der Waals surface area contributed by atoms with Crippen molar-refractivity contribution in [3.05, 3.63) is 34.9 Å². The zero-order valence-electron chi connectivity index (χ0n) is 15.8. The largest absolute Gasteiger partial charge is 0.478 e. The smallest absolute Gasteiger partial charge is 0.338 e. The van der Waals surface area contributed by atoms with Crippen molar-refractivity contribution in [2.75, 3.05) is 6.61 Å². The SMILES string of the molecule is O=C(O)c1ccc(C(=O)OCC2CCC3OC3C2)c(CC2CCC3OC3C2)c1. The van der Waals surface area contributed by atoms with Crippen LogP contribution in [-0.2, 0) is 20.6 Å². The van der Waals surface area contributed by atoms with E-state index >= 15 is 0 Å². The lowest BCUT2D eigenvalue weighted by Gasteiger charge is -2.21. The maximum absolute atomic E-state index is 12.8. The lowest BCUT2D eigenvalue weighted by Crippen LogP contribution is -2.22. The van der Waals surface area contributed by atoms with Crippen molar-refractivity contribution in [2.45, 2.75) is 69.4 Å². The molecule has 1 aromatic rings. The number of carbonyl (C=O) groups excluding carboxylic acids is 1. The fraction of sp³-hybridized carbons (Fsp3) is 0.636. The van der Waals surface area contributed by atoms with E-state index < -0.39 is 5.97 Å². The van der Waals surface area contributed by atoms with Crippen molar-refractivity contribution in [2.24, 2.45) is 11.8 Å². The Morgan fingerprint density at radius 2 is 1.64 bits per heavy atom. The van der Waals surface area contributed by atoms with E-state index in [1.165, 1.54) is 6.07 Å². The van der Waals surface area contributed by atoms with E-state index in [2.05, 4.69) is 0 Å². The van der Waals surface area contributed by atoms with Crippen molar-refractivity contribution >= 4 is 11.9 Å². The van der Waals surface area contributed by atoms with Gasteiger partial charge in [0.05, 0.1) is 42.1 Å². The van der Waals surface area contributed by atoms with E-state index in [0.29, 0.717) is 54.8 Å². The average molecular weight is 386 g/mol. The summed E-state index contributed by atoms with van der Waals surface area (Å²) in [5.74, 6) is -0.544. The maximum Gasteiger partial charge on any atom is 0.338 e. The molecule has 0 amide bonds. The number of esters is 1. The molecule has 6 nitrogen and oxygen atoms in total. The summed E-state index contributed by atoms with van der Waals surface area (Å²) in [5.41, 5.74) is 1.50. The summed E-state index contributed by atoms with van der Waals surface area (Å²) in [5, 5.41) is 9.35. The predicted octanol–water partition coefficient (Wildman–Crippen LogP) is 3.22. The molecule has 1 aromatic carbocycles. The van der Waals surface area contributed by atoms with Crippen molar-refractivity contribution in [3.63, 3.8) is 0 Å². The highest BCUT2D eigenvalue weighted by atomic mass is 16.6. The standard InChI is InChI=1S/C22H26O6/c23-21(24)14-3-4-16(15(10-14)7-12-1-5-17-19(8-12)27-17)22(25)26-11-13-2-6-18-20(9-13)28-18/h3-4,10,12-13,17-20H,1-2,5-9,11H2,(H,23,24). The summed E-state index contributed by atoms with van der Waals surface area (Å²) in [7, 11) is 0. The summed E-state index contributed by atoms with van der Waals surface area (Å²) in [4.78, 5) is 24.2. The number of aromatic carboxylic acids is 1. The minimum atomic E-state index is -0.975. The Hall–Kier alpha value is -1.92. The lowest BCUT2D eigenvalue weighted by atomic mass is 9.83.